The van der Waals surface area contributed by atoms with Crippen LogP contribution in [-0.4, -0.2) is 10.9 Å². The van der Waals surface area contributed by atoms with Gasteiger partial charge in [-0.3, -0.25) is 9.69 Å². The van der Waals surface area contributed by atoms with Crippen molar-refractivity contribution in [2.45, 2.75) is 13.0 Å². The summed E-state index contributed by atoms with van der Waals surface area (Å²) < 4.78 is 0. The van der Waals surface area contributed by atoms with E-state index in [1.54, 1.807) is 23.2 Å². The lowest BCUT2D eigenvalue weighted by atomic mass is 10.1. The minimum Gasteiger partial charge on any atom is -0.292 e. The fourth-order valence-corrected chi connectivity index (χ4v) is 2.57. The summed E-state index contributed by atoms with van der Waals surface area (Å²) in [6.45, 7) is 0.490. The van der Waals surface area contributed by atoms with Crippen LogP contribution < -0.4 is 4.90 Å². The molecule has 0 aliphatic carbocycles. The molecule has 0 bridgehead atoms. The molecule has 1 heterocycles. The van der Waals surface area contributed by atoms with Gasteiger partial charge in [-0.1, -0.05) is 60.1 Å². The summed E-state index contributed by atoms with van der Waals surface area (Å²) in [4.78, 5) is 18.9. The fraction of sp³-hybridized carbons (Fsp3) is 0.100. The number of hydrogen-bond acceptors (Lipinski definition) is 2. The third kappa shape index (κ3) is 4.21. The molecule has 120 valence electrons. The zero-order valence-electron chi connectivity index (χ0n) is 13.1. The molecule has 3 nitrogen and oxygen atoms in total. The summed E-state index contributed by atoms with van der Waals surface area (Å²) >= 11 is 5.91. The van der Waals surface area contributed by atoms with Gasteiger partial charge >= 0.3 is 0 Å². The molecule has 0 spiro atoms. The lowest BCUT2D eigenvalue weighted by Gasteiger charge is -2.22. The number of anilines is 1. The molecule has 3 rings (SSSR count). The summed E-state index contributed by atoms with van der Waals surface area (Å²) in [5.74, 6) is 0.653. The number of carbonyl (C=O) groups excluding carboxylic acids is 1. The number of carbonyl (C=O) groups is 1. The molecule has 0 saturated heterocycles. The van der Waals surface area contributed by atoms with Crippen molar-refractivity contribution in [2.75, 3.05) is 4.90 Å². The predicted molar refractivity (Wildman–Crippen MR) is 97.0 cm³/mol. The first-order chi connectivity index (χ1) is 11.7. The summed E-state index contributed by atoms with van der Waals surface area (Å²) in [6, 6.07) is 22.8. The molecule has 2 aromatic carbocycles. The first kappa shape index (κ1) is 16.2. The Morgan fingerprint density at radius 2 is 1.58 bits per heavy atom. The number of amides is 1. The van der Waals surface area contributed by atoms with Crippen LogP contribution in [0.5, 0.6) is 0 Å². The molecule has 0 radical (unpaired) electrons. The number of pyridine rings is 1. The standard InChI is InChI=1S/C20H17ClN2O/c21-18-11-9-16(10-12-18)14-20(24)23(19-8-4-5-13-22-19)15-17-6-2-1-3-7-17/h1-13H,14-15H2. The number of benzene rings is 2. The Kier molecular flexibility index (Phi) is 5.24. The van der Waals surface area contributed by atoms with Crippen molar-refractivity contribution in [3.63, 3.8) is 0 Å². The second-order valence-corrected chi connectivity index (χ2v) is 5.89. The third-order valence-electron chi connectivity index (χ3n) is 3.68. The second-order valence-electron chi connectivity index (χ2n) is 5.46. The molecule has 1 aromatic heterocycles. The molecule has 0 aliphatic heterocycles. The second kappa shape index (κ2) is 7.75. The van der Waals surface area contributed by atoms with Gasteiger partial charge in [0.1, 0.15) is 5.82 Å². The lowest BCUT2D eigenvalue weighted by molar-refractivity contribution is -0.118. The number of halogens is 1. The molecule has 3 aromatic rings. The molecule has 24 heavy (non-hydrogen) atoms. The van der Waals surface area contributed by atoms with Gasteiger partial charge in [-0.25, -0.2) is 4.98 Å². The van der Waals surface area contributed by atoms with Crippen molar-refractivity contribution in [1.29, 1.82) is 0 Å². The third-order valence-corrected chi connectivity index (χ3v) is 3.93. The van der Waals surface area contributed by atoms with E-state index in [2.05, 4.69) is 4.98 Å². The largest absolute Gasteiger partial charge is 0.292 e. The molecule has 4 heteroatoms. The highest BCUT2D eigenvalue weighted by atomic mass is 35.5. The van der Waals surface area contributed by atoms with Gasteiger partial charge in [0.05, 0.1) is 13.0 Å². The molecule has 0 aliphatic rings. The monoisotopic (exact) mass is 336 g/mol. The van der Waals surface area contributed by atoms with Crippen LogP contribution in [0.25, 0.3) is 0 Å². The lowest BCUT2D eigenvalue weighted by Crippen LogP contribution is -2.32. The Morgan fingerprint density at radius 1 is 0.875 bits per heavy atom. The van der Waals surface area contributed by atoms with Crippen molar-refractivity contribution in [1.82, 2.24) is 4.98 Å². The summed E-state index contributed by atoms with van der Waals surface area (Å²) in [5, 5.41) is 0.664. The van der Waals surface area contributed by atoms with E-state index in [4.69, 9.17) is 11.6 Å². The van der Waals surface area contributed by atoms with Crippen molar-refractivity contribution >= 4 is 23.3 Å². The molecule has 0 saturated carbocycles. The fourth-order valence-electron chi connectivity index (χ4n) is 2.45. The average Bonchev–Trinajstić information content (AvgIpc) is 2.63. The Morgan fingerprint density at radius 3 is 2.25 bits per heavy atom. The number of hydrogen-bond donors (Lipinski definition) is 0. The van der Waals surface area contributed by atoms with Gasteiger partial charge in [-0.2, -0.15) is 0 Å². The Bertz CT molecular complexity index is 789. The van der Waals surface area contributed by atoms with Crippen LogP contribution in [0, 0.1) is 0 Å². The van der Waals surface area contributed by atoms with Gasteiger partial charge in [0.2, 0.25) is 5.91 Å². The van der Waals surface area contributed by atoms with Crippen molar-refractivity contribution < 1.29 is 4.79 Å². The normalized spacial score (nSPS) is 10.4. The molecule has 0 N–H and O–H groups in total. The molecule has 0 fully saturated rings. The summed E-state index contributed by atoms with van der Waals surface area (Å²) in [7, 11) is 0. The maximum Gasteiger partial charge on any atom is 0.232 e. The smallest absolute Gasteiger partial charge is 0.232 e. The van der Waals surface area contributed by atoms with Crippen LogP contribution >= 0.6 is 11.6 Å². The number of aromatic nitrogens is 1. The maximum absolute atomic E-state index is 12.9. The Hall–Kier alpha value is -2.65. The van der Waals surface area contributed by atoms with Crippen LogP contribution in [-0.2, 0) is 17.8 Å². The van der Waals surface area contributed by atoms with Gasteiger partial charge < -0.3 is 0 Å². The molecule has 0 atom stereocenters. The minimum atomic E-state index is -0.000115. The van der Waals surface area contributed by atoms with Crippen LogP contribution in [0.3, 0.4) is 0 Å². The Balaban J connectivity index is 1.83. The predicted octanol–water partition coefficient (Wildman–Crippen LogP) is 4.51. The van der Waals surface area contributed by atoms with Crippen LogP contribution in [0.15, 0.2) is 79.0 Å². The highest BCUT2D eigenvalue weighted by Gasteiger charge is 2.17. The van der Waals surface area contributed by atoms with E-state index in [0.29, 0.717) is 23.8 Å². The highest BCUT2D eigenvalue weighted by Crippen LogP contribution is 2.17. The first-order valence-corrected chi connectivity index (χ1v) is 8.10. The maximum atomic E-state index is 12.9. The molecule has 0 unspecified atom stereocenters. The van der Waals surface area contributed by atoms with Gasteiger partial charge in [0, 0.05) is 11.2 Å². The number of rotatable bonds is 5. The highest BCUT2D eigenvalue weighted by molar-refractivity contribution is 6.30. The van der Waals surface area contributed by atoms with E-state index < -0.39 is 0 Å². The topological polar surface area (TPSA) is 33.2 Å². The average molecular weight is 337 g/mol. The minimum absolute atomic E-state index is 0.000115. The zero-order chi connectivity index (χ0) is 16.8. The van der Waals surface area contributed by atoms with E-state index in [1.165, 1.54) is 0 Å². The number of nitrogens with zero attached hydrogens (tertiary/aromatic N) is 2. The first-order valence-electron chi connectivity index (χ1n) is 7.72. The summed E-state index contributed by atoms with van der Waals surface area (Å²) in [5.41, 5.74) is 1.99. The molecular formula is C20H17ClN2O. The Labute approximate surface area is 146 Å². The van der Waals surface area contributed by atoms with E-state index in [1.807, 2.05) is 60.7 Å². The molecule has 1 amide bonds. The van der Waals surface area contributed by atoms with E-state index in [-0.39, 0.29) is 5.91 Å². The molecular weight excluding hydrogens is 320 g/mol. The van der Waals surface area contributed by atoms with Crippen LogP contribution in [0.1, 0.15) is 11.1 Å². The van der Waals surface area contributed by atoms with Gasteiger partial charge in [0.25, 0.3) is 0 Å². The van der Waals surface area contributed by atoms with E-state index in [9.17, 15) is 4.79 Å². The van der Waals surface area contributed by atoms with Crippen molar-refractivity contribution in [3.05, 3.63) is 95.1 Å². The quantitative estimate of drug-likeness (QED) is 0.686. The van der Waals surface area contributed by atoms with Crippen molar-refractivity contribution in [3.8, 4) is 0 Å². The van der Waals surface area contributed by atoms with Crippen LogP contribution in [0.4, 0.5) is 5.82 Å². The van der Waals surface area contributed by atoms with Gasteiger partial charge in [-0.05, 0) is 35.4 Å². The van der Waals surface area contributed by atoms with Crippen LogP contribution in [0.2, 0.25) is 5.02 Å². The van der Waals surface area contributed by atoms with Gasteiger partial charge in [0.15, 0.2) is 0 Å². The SMILES string of the molecule is O=C(Cc1ccc(Cl)cc1)N(Cc1ccccc1)c1ccccn1. The summed E-state index contributed by atoms with van der Waals surface area (Å²) in [6.07, 6.45) is 2.00. The zero-order valence-corrected chi connectivity index (χ0v) is 13.9. The van der Waals surface area contributed by atoms with Gasteiger partial charge in [-0.15, -0.1) is 0 Å². The van der Waals surface area contributed by atoms with E-state index >= 15 is 0 Å². The van der Waals surface area contributed by atoms with Crippen molar-refractivity contribution in [2.24, 2.45) is 0 Å². The van der Waals surface area contributed by atoms with E-state index in [0.717, 1.165) is 11.1 Å².